The second kappa shape index (κ2) is 9.68. The monoisotopic (exact) mass is 329 g/mol. The minimum Gasteiger partial charge on any atom is -0.468 e. The van der Waals surface area contributed by atoms with Gasteiger partial charge in [-0.15, -0.1) is 11.8 Å². The molecule has 0 atom stereocenters. The van der Waals surface area contributed by atoms with E-state index < -0.39 is 0 Å². The first-order valence-electron chi connectivity index (χ1n) is 6.79. The Morgan fingerprint density at radius 1 is 1.29 bits per heavy atom. The molecule has 0 heterocycles. The third-order valence-corrected chi connectivity index (χ3v) is 4.25. The predicted molar refractivity (Wildman–Crippen MR) is 85.7 cm³/mol. The first-order valence-corrected chi connectivity index (χ1v) is 8.16. The summed E-state index contributed by atoms with van der Waals surface area (Å²) in [5.41, 5.74) is 0. The molecule has 0 aromatic heterocycles. The molecule has 0 unspecified atom stereocenters. The Labute approximate surface area is 134 Å². The van der Waals surface area contributed by atoms with Gasteiger partial charge in [0.05, 0.1) is 7.11 Å². The van der Waals surface area contributed by atoms with E-state index in [-0.39, 0.29) is 18.4 Å². The summed E-state index contributed by atoms with van der Waals surface area (Å²) in [7, 11) is 1.32. The van der Waals surface area contributed by atoms with E-state index in [0.717, 1.165) is 22.1 Å². The fraction of sp³-hybridized carbons (Fsp3) is 0.467. The molecular formula is C15H20ClNO3S. The van der Waals surface area contributed by atoms with Crippen LogP contribution in [0.1, 0.15) is 19.8 Å². The lowest BCUT2D eigenvalue weighted by Gasteiger charge is -2.19. The fourth-order valence-electron chi connectivity index (χ4n) is 1.70. The van der Waals surface area contributed by atoms with Crippen molar-refractivity contribution in [3.63, 3.8) is 0 Å². The highest BCUT2D eigenvalue weighted by Crippen LogP contribution is 2.21. The van der Waals surface area contributed by atoms with Crippen molar-refractivity contribution in [3.05, 3.63) is 29.3 Å². The largest absolute Gasteiger partial charge is 0.468 e. The number of esters is 1. The average Bonchev–Trinajstić information content (AvgIpc) is 2.50. The summed E-state index contributed by atoms with van der Waals surface area (Å²) >= 11 is 7.51. The lowest BCUT2D eigenvalue weighted by Crippen LogP contribution is -2.35. The summed E-state index contributed by atoms with van der Waals surface area (Å²) in [5, 5.41) is 0.718. The molecule has 0 spiro atoms. The van der Waals surface area contributed by atoms with E-state index in [2.05, 4.69) is 4.74 Å². The van der Waals surface area contributed by atoms with Gasteiger partial charge in [0, 0.05) is 22.9 Å². The van der Waals surface area contributed by atoms with Gasteiger partial charge in [0.15, 0.2) is 0 Å². The van der Waals surface area contributed by atoms with Gasteiger partial charge in [-0.05, 0) is 43.4 Å². The number of halogens is 1. The van der Waals surface area contributed by atoms with Crippen molar-refractivity contribution in [2.24, 2.45) is 0 Å². The summed E-state index contributed by atoms with van der Waals surface area (Å²) in [6, 6.07) is 7.63. The van der Waals surface area contributed by atoms with E-state index in [0.29, 0.717) is 13.0 Å². The van der Waals surface area contributed by atoms with Gasteiger partial charge in [-0.25, -0.2) is 0 Å². The van der Waals surface area contributed by atoms with Crippen LogP contribution < -0.4 is 0 Å². The van der Waals surface area contributed by atoms with Crippen molar-refractivity contribution in [2.45, 2.75) is 24.7 Å². The molecule has 1 rings (SSSR count). The molecule has 0 aliphatic carbocycles. The molecule has 1 amide bonds. The highest BCUT2D eigenvalue weighted by Gasteiger charge is 2.15. The predicted octanol–water partition coefficient (Wildman–Crippen LogP) is 3.23. The molecule has 21 heavy (non-hydrogen) atoms. The van der Waals surface area contributed by atoms with Crippen molar-refractivity contribution in [2.75, 3.05) is 26.0 Å². The van der Waals surface area contributed by atoms with Gasteiger partial charge in [0.1, 0.15) is 6.54 Å². The summed E-state index contributed by atoms with van der Waals surface area (Å²) in [5.74, 6) is 0.448. The van der Waals surface area contributed by atoms with Crippen LogP contribution in [0.4, 0.5) is 0 Å². The number of hydrogen-bond acceptors (Lipinski definition) is 4. The van der Waals surface area contributed by atoms with Crippen LogP contribution in [-0.4, -0.2) is 42.7 Å². The van der Waals surface area contributed by atoms with E-state index in [1.54, 1.807) is 11.8 Å². The van der Waals surface area contributed by atoms with Crippen LogP contribution in [0.2, 0.25) is 5.02 Å². The van der Waals surface area contributed by atoms with Crippen molar-refractivity contribution < 1.29 is 14.3 Å². The van der Waals surface area contributed by atoms with E-state index in [4.69, 9.17) is 11.6 Å². The number of methoxy groups -OCH3 is 1. The maximum absolute atomic E-state index is 12.0. The molecule has 0 aliphatic heterocycles. The SMILES string of the molecule is CCN(CC(=O)OC)C(=O)CCCSc1ccc(Cl)cc1. The highest BCUT2D eigenvalue weighted by atomic mass is 35.5. The molecule has 116 valence electrons. The summed E-state index contributed by atoms with van der Waals surface area (Å²) < 4.78 is 4.58. The van der Waals surface area contributed by atoms with Crippen LogP contribution in [0.5, 0.6) is 0 Å². The topological polar surface area (TPSA) is 46.6 Å². The number of carbonyl (C=O) groups is 2. The number of likely N-dealkylation sites (N-methyl/N-ethyl adjacent to an activating group) is 1. The average molecular weight is 330 g/mol. The molecule has 0 saturated heterocycles. The van der Waals surface area contributed by atoms with Crippen LogP contribution >= 0.6 is 23.4 Å². The summed E-state index contributed by atoms with van der Waals surface area (Å²) in [6.07, 6.45) is 1.20. The Balaban J connectivity index is 2.28. The molecule has 0 fully saturated rings. The van der Waals surface area contributed by atoms with Gasteiger partial charge in [0.2, 0.25) is 5.91 Å². The van der Waals surface area contributed by atoms with Gasteiger partial charge >= 0.3 is 5.97 Å². The number of benzene rings is 1. The highest BCUT2D eigenvalue weighted by molar-refractivity contribution is 7.99. The Hall–Kier alpha value is -1.20. The molecule has 1 aromatic rings. The Bertz CT molecular complexity index is 464. The Morgan fingerprint density at radius 2 is 1.95 bits per heavy atom. The standard InChI is InChI=1S/C15H20ClNO3S/c1-3-17(11-15(19)20-2)14(18)5-4-10-21-13-8-6-12(16)7-9-13/h6-9H,3-5,10-11H2,1-2H3. The minimum atomic E-state index is -0.388. The molecule has 1 aromatic carbocycles. The summed E-state index contributed by atoms with van der Waals surface area (Å²) in [6.45, 7) is 2.39. The molecule has 0 saturated carbocycles. The van der Waals surface area contributed by atoms with E-state index in [9.17, 15) is 9.59 Å². The smallest absolute Gasteiger partial charge is 0.325 e. The summed E-state index contributed by atoms with van der Waals surface area (Å²) in [4.78, 5) is 25.8. The number of rotatable bonds is 8. The zero-order valence-corrected chi connectivity index (χ0v) is 13.9. The maximum Gasteiger partial charge on any atom is 0.325 e. The fourth-order valence-corrected chi connectivity index (χ4v) is 2.68. The maximum atomic E-state index is 12.0. The van der Waals surface area contributed by atoms with Crippen LogP contribution in [0.15, 0.2) is 29.2 Å². The zero-order valence-electron chi connectivity index (χ0n) is 12.3. The van der Waals surface area contributed by atoms with Gasteiger partial charge in [0.25, 0.3) is 0 Å². The first kappa shape index (κ1) is 17.9. The molecule has 0 bridgehead atoms. The van der Waals surface area contributed by atoms with Gasteiger partial charge < -0.3 is 9.64 Å². The zero-order chi connectivity index (χ0) is 15.7. The van der Waals surface area contributed by atoms with Gasteiger partial charge in [-0.1, -0.05) is 11.6 Å². The number of carbonyl (C=O) groups excluding carboxylic acids is 2. The quantitative estimate of drug-likeness (QED) is 0.417. The molecule has 4 nitrogen and oxygen atoms in total. The van der Waals surface area contributed by atoms with Crippen molar-refractivity contribution in [3.8, 4) is 0 Å². The molecule has 0 aliphatic rings. The number of nitrogens with zero attached hydrogens (tertiary/aromatic N) is 1. The van der Waals surface area contributed by atoms with Crippen LogP contribution in [0, 0.1) is 0 Å². The van der Waals surface area contributed by atoms with Crippen LogP contribution in [-0.2, 0) is 14.3 Å². The van der Waals surface area contributed by atoms with Crippen molar-refractivity contribution in [1.82, 2.24) is 4.90 Å². The lowest BCUT2D eigenvalue weighted by atomic mass is 10.3. The van der Waals surface area contributed by atoms with Gasteiger partial charge in [-0.3, -0.25) is 9.59 Å². The number of ether oxygens (including phenoxy) is 1. The second-order valence-electron chi connectivity index (χ2n) is 4.39. The lowest BCUT2D eigenvalue weighted by molar-refractivity contribution is -0.146. The van der Waals surface area contributed by atoms with E-state index in [1.165, 1.54) is 12.0 Å². The van der Waals surface area contributed by atoms with Gasteiger partial charge in [-0.2, -0.15) is 0 Å². The number of hydrogen-bond donors (Lipinski definition) is 0. The molecule has 6 heteroatoms. The minimum absolute atomic E-state index is 0.0143. The third-order valence-electron chi connectivity index (χ3n) is 2.90. The molecule has 0 N–H and O–H groups in total. The normalized spacial score (nSPS) is 10.2. The second-order valence-corrected chi connectivity index (χ2v) is 5.99. The molecule has 0 radical (unpaired) electrons. The first-order chi connectivity index (χ1) is 10.1. The number of amides is 1. The van der Waals surface area contributed by atoms with Crippen LogP contribution in [0.25, 0.3) is 0 Å². The molecular weight excluding hydrogens is 310 g/mol. The Kier molecular flexibility index (Phi) is 8.23. The van der Waals surface area contributed by atoms with E-state index in [1.807, 2.05) is 31.2 Å². The van der Waals surface area contributed by atoms with Crippen LogP contribution in [0.3, 0.4) is 0 Å². The van der Waals surface area contributed by atoms with Crippen molar-refractivity contribution in [1.29, 1.82) is 0 Å². The number of thioether (sulfide) groups is 1. The van der Waals surface area contributed by atoms with Crippen molar-refractivity contribution >= 4 is 35.2 Å². The third kappa shape index (κ3) is 6.87. The van der Waals surface area contributed by atoms with E-state index >= 15 is 0 Å². The Morgan fingerprint density at radius 3 is 2.52 bits per heavy atom.